The van der Waals surface area contributed by atoms with Gasteiger partial charge in [0, 0.05) is 31.2 Å². The van der Waals surface area contributed by atoms with Crippen molar-refractivity contribution in [2.45, 2.75) is 19.4 Å². The molecule has 1 fully saturated rings. The van der Waals surface area contributed by atoms with Crippen molar-refractivity contribution in [1.29, 1.82) is 0 Å². The Morgan fingerprint density at radius 1 is 1.82 bits per heavy atom. The first kappa shape index (κ1) is 9.04. The average molecular weight is 175 g/mol. The van der Waals surface area contributed by atoms with Crippen LogP contribution in [-0.2, 0) is 0 Å². The third-order valence-corrected chi connectivity index (χ3v) is 2.34. The van der Waals surface area contributed by atoms with Gasteiger partial charge in [-0.05, 0) is 18.9 Å². The summed E-state index contributed by atoms with van der Waals surface area (Å²) < 4.78 is 0. The quantitative estimate of drug-likeness (QED) is 0.681. The Balaban J connectivity index is 2.28. The number of nitrogens with zero attached hydrogens (tertiary/aromatic N) is 1. The van der Waals surface area contributed by atoms with E-state index in [1.807, 2.05) is 6.92 Å². The van der Waals surface area contributed by atoms with Gasteiger partial charge in [-0.15, -0.1) is 0 Å². The highest BCUT2D eigenvalue weighted by molar-refractivity contribution is 6.25. The molecule has 1 aliphatic rings. The predicted octanol–water partition coefficient (Wildman–Crippen LogP) is 1.16. The molecule has 0 spiro atoms. The van der Waals surface area contributed by atoms with Crippen molar-refractivity contribution < 1.29 is 0 Å². The number of halogens is 1. The fourth-order valence-electron chi connectivity index (χ4n) is 1.39. The van der Waals surface area contributed by atoms with E-state index in [4.69, 9.17) is 17.3 Å². The topological polar surface area (TPSA) is 29.3 Å². The molecule has 64 valence electrons. The van der Waals surface area contributed by atoms with E-state index in [1.165, 1.54) is 5.57 Å². The van der Waals surface area contributed by atoms with Gasteiger partial charge in [0.1, 0.15) is 0 Å². The van der Waals surface area contributed by atoms with Crippen LogP contribution in [0.25, 0.3) is 0 Å². The zero-order chi connectivity index (χ0) is 8.27. The highest BCUT2D eigenvalue weighted by Gasteiger charge is 2.18. The van der Waals surface area contributed by atoms with Crippen LogP contribution in [0.3, 0.4) is 0 Å². The van der Waals surface area contributed by atoms with Crippen LogP contribution in [0.15, 0.2) is 11.1 Å². The summed E-state index contributed by atoms with van der Waals surface area (Å²) in [5, 5.41) is 0. The average Bonchev–Trinajstić information content (AvgIpc) is 2.35. The van der Waals surface area contributed by atoms with Crippen molar-refractivity contribution in [3.63, 3.8) is 0 Å². The molecule has 3 heteroatoms. The summed E-state index contributed by atoms with van der Waals surface area (Å²) in [7, 11) is 0. The molecule has 0 amide bonds. The first-order valence-electron chi connectivity index (χ1n) is 3.96. The summed E-state index contributed by atoms with van der Waals surface area (Å²) in [6.45, 7) is 5.14. The molecule has 1 heterocycles. The summed E-state index contributed by atoms with van der Waals surface area (Å²) in [4.78, 5) is 2.33. The maximum atomic E-state index is 5.75. The van der Waals surface area contributed by atoms with E-state index in [2.05, 4.69) is 4.90 Å². The van der Waals surface area contributed by atoms with Crippen LogP contribution in [0.2, 0.25) is 0 Å². The van der Waals surface area contributed by atoms with Crippen molar-refractivity contribution in [3.05, 3.63) is 11.1 Å². The summed E-state index contributed by atoms with van der Waals surface area (Å²) in [5.41, 5.74) is 8.60. The third-order valence-electron chi connectivity index (χ3n) is 1.97. The van der Waals surface area contributed by atoms with Gasteiger partial charge < -0.3 is 5.73 Å². The zero-order valence-corrected chi connectivity index (χ0v) is 7.64. The van der Waals surface area contributed by atoms with Crippen LogP contribution in [0.4, 0.5) is 0 Å². The molecule has 0 aromatic carbocycles. The molecule has 1 rings (SSSR count). The monoisotopic (exact) mass is 174 g/mol. The van der Waals surface area contributed by atoms with Crippen LogP contribution < -0.4 is 5.73 Å². The van der Waals surface area contributed by atoms with Crippen molar-refractivity contribution in [2.75, 3.05) is 19.6 Å². The van der Waals surface area contributed by atoms with E-state index in [9.17, 15) is 0 Å². The largest absolute Gasteiger partial charge is 0.326 e. The molecule has 2 nitrogen and oxygen atoms in total. The van der Waals surface area contributed by atoms with Gasteiger partial charge in [0.05, 0.1) is 0 Å². The fourth-order valence-corrected chi connectivity index (χ4v) is 1.46. The Morgan fingerprint density at radius 3 is 3.00 bits per heavy atom. The highest BCUT2D eigenvalue weighted by atomic mass is 35.5. The Kier molecular flexibility index (Phi) is 3.37. The van der Waals surface area contributed by atoms with Crippen molar-refractivity contribution >= 4 is 11.6 Å². The lowest BCUT2D eigenvalue weighted by atomic mass is 10.3. The standard InChI is InChI=1S/C8H15ClN2/c1-7(4-9)5-11-3-2-8(10)6-11/h4,8H,2-3,5-6,10H2,1H3/b7-4+. The van der Waals surface area contributed by atoms with Gasteiger partial charge in [-0.2, -0.15) is 0 Å². The lowest BCUT2D eigenvalue weighted by Gasteiger charge is -2.14. The minimum absolute atomic E-state index is 0.373. The molecule has 2 N–H and O–H groups in total. The molecule has 0 aromatic heterocycles. The Labute approximate surface area is 73.0 Å². The molecule has 1 aliphatic heterocycles. The van der Waals surface area contributed by atoms with E-state index >= 15 is 0 Å². The molecule has 0 radical (unpaired) electrons. The van der Waals surface area contributed by atoms with Crippen molar-refractivity contribution in [3.8, 4) is 0 Å². The predicted molar refractivity (Wildman–Crippen MR) is 48.6 cm³/mol. The number of hydrogen-bond donors (Lipinski definition) is 1. The van der Waals surface area contributed by atoms with Gasteiger partial charge in [0.25, 0.3) is 0 Å². The van der Waals surface area contributed by atoms with Crippen LogP contribution in [0, 0.1) is 0 Å². The molecule has 1 unspecified atom stereocenters. The molecular formula is C8H15ClN2. The third kappa shape index (κ3) is 2.81. The number of hydrogen-bond acceptors (Lipinski definition) is 2. The lowest BCUT2D eigenvalue weighted by molar-refractivity contribution is 0.363. The van der Waals surface area contributed by atoms with Gasteiger partial charge in [0.2, 0.25) is 0 Å². The molecule has 1 atom stereocenters. The minimum Gasteiger partial charge on any atom is -0.326 e. The maximum Gasteiger partial charge on any atom is 0.0202 e. The molecule has 11 heavy (non-hydrogen) atoms. The van der Waals surface area contributed by atoms with Crippen LogP contribution in [-0.4, -0.2) is 30.6 Å². The first-order valence-corrected chi connectivity index (χ1v) is 4.40. The molecule has 0 aliphatic carbocycles. The second-order valence-corrected chi connectivity index (χ2v) is 3.46. The fraction of sp³-hybridized carbons (Fsp3) is 0.750. The maximum absolute atomic E-state index is 5.75. The Hall–Kier alpha value is -0.0500. The minimum atomic E-state index is 0.373. The van der Waals surface area contributed by atoms with E-state index in [0.717, 1.165) is 26.1 Å². The number of likely N-dealkylation sites (tertiary alicyclic amines) is 1. The normalized spacial score (nSPS) is 27.9. The summed E-state index contributed by atoms with van der Waals surface area (Å²) in [5.74, 6) is 0. The van der Waals surface area contributed by atoms with Gasteiger partial charge >= 0.3 is 0 Å². The molecule has 0 saturated carbocycles. The second-order valence-electron chi connectivity index (χ2n) is 3.24. The van der Waals surface area contributed by atoms with E-state index in [-0.39, 0.29) is 0 Å². The van der Waals surface area contributed by atoms with Crippen molar-refractivity contribution in [1.82, 2.24) is 4.90 Å². The van der Waals surface area contributed by atoms with Crippen LogP contribution >= 0.6 is 11.6 Å². The first-order chi connectivity index (χ1) is 5.22. The second kappa shape index (κ2) is 4.10. The molecule has 1 saturated heterocycles. The smallest absolute Gasteiger partial charge is 0.0202 e. The molecular weight excluding hydrogens is 160 g/mol. The number of rotatable bonds is 2. The molecule has 0 aromatic rings. The van der Waals surface area contributed by atoms with E-state index in [0.29, 0.717) is 6.04 Å². The summed E-state index contributed by atoms with van der Waals surface area (Å²) >= 11 is 5.55. The lowest BCUT2D eigenvalue weighted by Crippen LogP contribution is -2.27. The van der Waals surface area contributed by atoms with E-state index in [1.54, 1.807) is 5.54 Å². The van der Waals surface area contributed by atoms with E-state index < -0.39 is 0 Å². The van der Waals surface area contributed by atoms with Crippen LogP contribution in [0.5, 0.6) is 0 Å². The summed E-state index contributed by atoms with van der Waals surface area (Å²) in [6, 6.07) is 0.373. The SMILES string of the molecule is C/C(=C\Cl)CN1CCC(N)C1. The highest BCUT2D eigenvalue weighted by Crippen LogP contribution is 2.09. The Bertz CT molecular complexity index is 156. The van der Waals surface area contributed by atoms with Crippen LogP contribution in [0.1, 0.15) is 13.3 Å². The van der Waals surface area contributed by atoms with Gasteiger partial charge in [0.15, 0.2) is 0 Å². The van der Waals surface area contributed by atoms with Gasteiger partial charge in [-0.3, -0.25) is 4.90 Å². The van der Waals surface area contributed by atoms with Gasteiger partial charge in [-0.1, -0.05) is 11.6 Å². The molecule has 0 bridgehead atoms. The van der Waals surface area contributed by atoms with Crippen molar-refractivity contribution in [2.24, 2.45) is 5.73 Å². The number of nitrogens with two attached hydrogens (primary N) is 1. The van der Waals surface area contributed by atoms with Gasteiger partial charge in [-0.25, -0.2) is 0 Å². The zero-order valence-electron chi connectivity index (χ0n) is 6.89. The summed E-state index contributed by atoms with van der Waals surface area (Å²) in [6.07, 6.45) is 1.12. The Morgan fingerprint density at radius 2 is 2.55 bits per heavy atom.